The van der Waals surface area contributed by atoms with Crippen LogP contribution in [0.15, 0.2) is 48.6 Å². The molecule has 0 N–H and O–H groups in total. The summed E-state index contributed by atoms with van der Waals surface area (Å²) in [4.78, 5) is 21.3. The van der Waals surface area contributed by atoms with Crippen LogP contribution in [0.2, 0.25) is 10.0 Å². The zero-order valence-corrected chi connectivity index (χ0v) is 18.1. The number of hydrogen-bond acceptors (Lipinski definition) is 3. The number of nitrogens with zero attached hydrogens (tertiary/aromatic N) is 4. The number of halogens is 2. The zero-order chi connectivity index (χ0) is 20.5. The fourth-order valence-electron chi connectivity index (χ4n) is 3.97. The molecule has 4 rings (SSSR count). The summed E-state index contributed by atoms with van der Waals surface area (Å²) in [6.45, 7) is 5.96. The molecule has 1 aliphatic heterocycles. The van der Waals surface area contributed by atoms with Gasteiger partial charge < -0.3 is 14.4 Å². The highest BCUT2D eigenvalue weighted by molar-refractivity contribution is 6.42. The number of rotatable bonds is 4. The summed E-state index contributed by atoms with van der Waals surface area (Å²) in [5, 5.41) is 1.05. The van der Waals surface area contributed by atoms with Gasteiger partial charge in [-0.3, -0.25) is 4.79 Å². The highest BCUT2D eigenvalue weighted by Crippen LogP contribution is 2.30. The summed E-state index contributed by atoms with van der Waals surface area (Å²) in [5.74, 6) is 0.135. The SMILES string of the molecule is Cc1cn(C2=CC=C(N3CCN(C(C)c4ccc(Cl)c(Cl)c4)C(=O)C3)CC2)cn1. The molecule has 7 heteroatoms. The number of piperazine rings is 1. The van der Waals surface area contributed by atoms with Crippen LogP contribution in [0.25, 0.3) is 5.70 Å². The molecule has 1 aromatic carbocycles. The summed E-state index contributed by atoms with van der Waals surface area (Å²) in [7, 11) is 0. The maximum absolute atomic E-state index is 12.9. The van der Waals surface area contributed by atoms with Gasteiger partial charge in [-0.05, 0) is 56.5 Å². The number of imidazole rings is 1. The van der Waals surface area contributed by atoms with Crippen molar-refractivity contribution in [2.24, 2.45) is 0 Å². The van der Waals surface area contributed by atoms with E-state index in [2.05, 4.69) is 26.6 Å². The Kier molecular flexibility index (Phi) is 5.70. The number of benzene rings is 1. The van der Waals surface area contributed by atoms with Crippen molar-refractivity contribution in [2.75, 3.05) is 19.6 Å². The van der Waals surface area contributed by atoms with Crippen molar-refractivity contribution in [3.05, 3.63) is 69.9 Å². The number of carbonyl (C=O) groups is 1. The molecule has 5 nitrogen and oxygen atoms in total. The monoisotopic (exact) mass is 430 g/mol. The van der Waals surface area contributed by atoms with Crippen LogP contribution in [0.4, 0.5) is 0 Å². The second kappa shape index (κ2) is 8.25. The normalized spacial score (nSPS) is 18.6. The molecular weight excluding hydrogens is 407 g/mol. The lowest BCUT2D eigenvalue weighted by Crippen LogP contribution is -2.50. The zero-order valence-electron chi connectivity index (χ0n) is 16.6. The maximum atomic E-state index is 12.9. The topological polar surface area (TPSA) is 41.4 Å². The molecule has 2 aromatic rings. The Morgan fingerprint density at radius 2 is 1.83 bits per heavy atom. The van der Waals surface area contributed by atoms with Crippen molar-refractivity contribution in [2.45, 2.75) is 32.7 Å². The molecule has 0 bridgehead atoms. The molecule has 1 amide bonds. The van der Waals surface area contributed by atoms with Gasteiger partial charge in [0.25, 0.3) is 0 Å². The number of allylic oxidation sites excluding steroid dienone is 4. The van der Waals surface area contributed by atoms with Crippen LogP contribution in [-0.2, 0) is 4.79 Å². The molecule has 29 heavy (non-hydrogen) atoms. The number of aryl methyl sites for hydroxylation is 1. The summed E-state index contributed by atoms with van der Waals surface area (Å²) in [6.07, 6.45) is 10.0. The van der Waals surface area contributed by atoms with Crippen LogP contribution < -0.4 is 0 Å². The highest BCUT2D eigenvalue weighted by atomic mass is 35.5. The Morgan fingerprint density at radius 1 is 1.07 bits per heavy atom. The second-order valence-corrected chi connectivity index (χ2v) is 8.41. The molecule has 1 fully saturated rings. The fourth-order valence-corrected chi connectivity index (χ4v) is 4.27. The minimum atomic E-state index is -0.0317. The first-order valence-electron chi connectivity index (χ1n) is 9.82. The first kappa shape index (κ1) is 20.0. The van der Waals surface area contributed by atoms with Crippen molar-refractivity contribution < 1.29 is 4.79 Å². The van der Waals surface area contributed by atoms with Crippen LogP contribution in [0.1, 0.15) is 37.1 Å². The molecule has 0 saturated carbocycles. The third-order valence-corrected chi connectivity index (χ3v) is 6.44. The first-order valence-corrected chi connectivity index (χ1v) is 10.6. The Labute approximate surface area is 181 Å². The van der Waals surface area contributed by atoms with Crippen molar-refractivity contribution >= 4 is 34.8 Å². The molecular formula is C22H24Cl2N4O. The van der Waals surface area contributed by atoms with E-state index in [9.17, 15) is 4.79 Å². The predicted molar refractivity (Wildman–Crippen MR) is 117 cm³/mol. The van der Waals surface area contributed by atoms with E-state index in [-0.39, 0.29) is 11.9 Å². The molecule has 0 spiro atoms. The smallest absolute Gasteiger partial charge is 0.242 e. The minimum Gasteiger partial charge on any atom is -0.364 e. The summed E-state index contributed by atoms with van der Waals surface area (Å²) < 4.78 is 2.07. The lowest BCUT2D eigenvalue weighted by Gasteiger charge is -2.40. The number of amides is 1. The van der Waals surface area contributed by atoms with E-state index in [1.54, 1.807) is 6.07 Å². The average Bonchev–Trinajstić information content (AvgIpc) is 3.16. The van der Waals surface area contributed by atoms with E-state index >= 15 is 0 Å². The van der Waals surface area contributed by atoms with E-state index < -0.39 is 0 Å². The van der Waals surface area contributed by atoms with Crippen LogP contribution in [0.3, 0.4) is 0 Å². The molecule has 1 aliphatic carbocycles. The Bertz CT molecular complexity index is 994. The van der Waals surface area contributed by atoms with E-state index in [4.69, 9.17) is 23.2 Å². The van der Waals surface area contributed by atoms with E-state index in [0.717, 1.165) is 30.6 Å². The second-order valence-electron chi connectivity index (χ2n) is 7.60. The van der Waals surface area contributed by atoms with Crippen molar-refractivity contribution in [1.82, 2.24) is 19.4 Å². The molecule has 2 aliphatic rings. The molecule has 2 heterocycles. The fraction of sp³-hybridized carbons (Fsp3) is 0.364. The highest BCUT2D eigenvalue weighted by Gasteiger charge is 2.29. The Balaban J connectivity index is 1.42. The molecule has 152 valence electrons. The van der Waals surface area contributed by atoms with Crippen LogP contribution >= 0.6 is 23.2 Å². The number of hydrogen-bond donors (Lipinski definition) is 0. The van der Waals surface area contributed by atoms with Gasteiger partial charge in [-0.25, -0.2) is 4.98 Å². The van der Waals surface area contributed by atoms with Crippen LogP contribution in [-0.4, -0.2) is 44.9 Å². The molecule has 1 saturated heterocycles. The lowest BCUT2D eigenvalue weighted by atomic mass is 10.0. The van der Waals surface area contributed by atoms with Crippen LogP contribution in [0.5, 0.6) is 0 Å². The lowest BCUT2D eigenvalue weighted by molar-refractivity contribution is -0.137. The first-order chi connectivity index (χ1) is 13.9. The Hall–Kier alpha value is -2.24. The average molecular weight is 431 g/mol. The van der Waals surface area contributed by atoms with Gasteiger partial charge in [-0.1, -0.05) is 29.3 Å². The van der Waals surface area contributed by atoms with Gasteiger partial charge in [-0.2, -0.15) is 0 Å². The van der Waals surface area contributed by atoms with Crippen molar-refractivity contribution in [1.29, 1.82) is 0 Å². The van der Waals surface area contributed by atoms with Crippen molar-refractivity contribution in [3.63, 3.8) is 0 Å². The molecule has 1 unspecified atom stereocenters. The summed E-state index contributed by atoms with van der Waals surface area (Å²) in [6, 6.07) is 5.54. The third-order valence-electron chi connectivity index (χ3n) is 5.71. The maximum Gasteiger partial charge on any atom is 0.242 e. The van der Waals surface area contributed by atoms with Gasteiger partial charge in [0, 0.05) is 30.7 Å². The molecule has 1 aromatic heterocycles. The number of aromatic nitrogens is 2. The quantitative estimate of drug-likeness (QED) is 0.690. The van der Waals surface area contributed by atoms with E-state index in [0.29, 0.717) is 23.1 Å². The van der Waals surface area contributed by atoms with Gasteiger partial charge in [0.1, 0.15) is 0 Å². The van der Waals surface area contributed by atoms with E-state index in [1.807, 2.05) is 43.4 Å². The molecule has 0 radical (unpaired) electrons. The number of carbonyl (C=O) groups excluding carboxylic acids is 1. The summed E-state index contributed by atoms with van der Waals surface area (Å²) in [5.41, 5.74) is 4.47. The third kappa shape index (κ3) is 4.21. The van der Waals surface area contributed by atoms with Crippen LogP contribution in [0, 0.1) is 6.92 Å². The van der Waals surface area contributed by atoms with Gasteiger partial charge in [0.05, 0.1) is 34.7 Å². The predicted octanol–water partition coefficient (Wildman–Crippen LogP) is 4.92. The van der Waals surface area contributed by atoms with Gasteiger partial charge in [0.2, 0.25) is 5.91 Å². The van der Waals surface area contributed by atoms with Gasteiger partial charge in [-0.15, -0.1) is 0 Å². The summed E-state index contributed by atoms with van der Waals surface area (Å²) >= 11 is 12.2. The standard InChI is InChI=1S/C22H24Cl2N4O/c1-15-12-27(14-25-15)19-6-4-18(5-7-19)26-9-10-28(22(29)13-26)16(2)17-3-8-20(23)21(24)11-17/h3-4,6,8,11-12,14,16H,5,7,9-10,13H2,1-2H3. The largest absolute Gasteiger partial charge is 0.364 e. The minimum absolute atomic E-state index is 0.0317. The molecule has 1 atom stereocenters. The van der Waals surface area contributed by atoms with Gasteiger partial charge >= 0.3 is 0 Å². The van der Waals surface area contributed by atoms with Gasteiger partial charge in [0.15, 0.2) is 0 Å². The van der Waals surface area contributed by atoms with Crippen molar-refractivity contribution in [3.8, 4) is 0 Å². The van der Waals surface area contributed by atoms with E-state index in [1.165, 1.54) is 11.4 Å². The Morgan fingerprint density at radius 3 is 2.45 bits per heavy atom.